The normalized spacial score (nSPS) is 24.0. The molecule has 0 fully saturated rings. The van der Waals surface area contributed by atoms with Gasteiger partial charge in [0.05, 0.1) is 12.0 Å². The van der Waals surface area contributed by atoms with Crippen molar-refractivity contribution in [2.24, 2.45) is 16.8 Å². The first kappa shape index (κ1) is 11.2. The highest BCUT2D eigenvalue weighted by atomic mass is 16.2. The molecule has 0 bridgehead atoms. The second-order valence-electron chi connectivity index (χ2n) is 3.81. The predicted molar refractivity (Wildman–Crippen MR) is 56.9 cm³/mol. The highest BCUT2D eigenvalue weighted by Gasteiger charge is 2.34. The van der Waals surface area contributed by atoms with Crippen LogP contribution in [0, 0.1) is 5.92 Å². The van der Waals surface area contributed by atoms with Gasteiger partial charge in [0.15, 0.2) is 0 Å². The van der Waals surface area contributed by atoms with Gasteiger partial charge >= 0.3 is 0 Å². The third kappa shape index (κ3) is 1.95. The first-order valence-corrected chi connectivity index (χ1v) is 5.20. The average molecular weight is 197 g/mol. The number of amides is 1. The molecular formula is C10H19N3O. The second kappa shape index (κ2) is 4.55. The molecule has 0 saturated carbocycles. The van der Waals surface area contributed by atoms with Crippen LogP contribution in [0.15, 0.2) is 5.10 Å². The minimum Gasteiger partial charge on any atom is -0.330 e. The molecule has 0 saturated heterocycles. The summed E-state index contributed by atoms with van der Waals surface area (Å²) in [5.74, 6) is 0.0382. The Bertz CT molecular complexity index is 250. The van der Waals surface area contributed by atoms with Gasteiger partial charge in [-0.3, -0.25) is 4.79 Å². The van der Waals surface area contributed by atoms with E-state index in [2.05, 4.69) is 12.0 Å². The zero-order valence-electron chi connectivity index (χ0n) is 9.16. The van der Waals surface area contributed by atoms with Gasteiger partial charge in [-0.2, -0.15) is 5.10 Å². The van der Waals surface area contributed by atoms with Crippen LogP contribution in [0.4, 0.5) is 0 Å². The largest absolute Gasteiger partial charge is 0.330 e. The Labute approximate surface area is 85.1 Å². The Balaban J connectivity index is 2.72. The van der Waals surface area contributed by atoms with Gasteiger partial charge in [0.2, 0.25) is 0 Å². The standard InChI is InChI=1S/C10H19N3O/c1-4-7(2)13-10(14)9(5-6-11)8(3)12-13/h7,9H,4-6,11H2,1-3H3. The van der Waals surface area contributed by atoms with Crippen LogP contribution in [0.25, 0.3) is 0 Å². The Morgan fingerprint density at radius 1 is 1.64 bits per heavy atom. The van der Waals surface area contributed by atoms with Crippen molar-refractivity contribution in [3.63, 3.8) is 0 Å². The van der Waals surface area contributed by atoms with E-state index in [0.29, 0.717) is 13.0 Å². The molecule has 0 aromatic carbocycles. The average Bonchev–Trinajstić information content (AvgIpc) is 2.45. The van der Waals surface area contributed by atoms with E-state index in [9.17, 15) is 4.79 Å². The van der Waals surface area contributed by atoms with Crippen LogP contribution in [0.3, 0.4) is 0 Å². The summed E-state index contributed by atoms with van der Waals surface area (Å²) in [6.45, 7) is 6.51. The molecule has 2 N–H and O–H groups in total. The molecule has 1 aliphatic rings. The second-order valence-corrected chi connectivity index (χ2v) is 3.81. The highest BCUT2D eigenvalue weighted by molar-refractivity contribution is 6.06. The first-order chi connectivity index (χ1) is 6.61. The van der Waals surface area contributed by atoms with Gasteiger partial charge in [-0.05, 0) is 33.2 Å². The summed E-state index contributed by atoms with van der Waals surface area (Å²) in [7, 11) is 0. The van der Waals surface area contributed by atoms with E-state index < -0.39 is 0 Å². The Morgan fingerprint density at radius 2 is 2.29 bits per heavy atom. The lowest BCUT2D eigenvalue weighted by atomic mass is 10.0. The lowest BCUT2D eigenvalue weighted by Crippen LogP contribution is -2.34. The Morgan fingerprint density at radius 3 is 2.79 bits per heavy atom. The SMILES string of the molecule is CCC(C)N1N=C(C)C(CCN)C1=O. The molecule has 0 aliphatic carbocycles. The summed E-state index contributed by atoms with van der Waals surface area (Å²) in [5.41, 5.74) is 6.36. The molecule has 1 amide bonds. The van der Waals surface area contributed by atoms with Crippen molar-refractivity contribution in [1.29, 1.82) is 0 Å². The van der Waals surface area contributed by atoms with Crippen LogP contribution in [0.2, 0.25) is 0 Å². The smallest absolute Gasteiger partial charge is 0.251 e. The minimum atomic E-state index is -0.0750. The minimum absolute atomic E-state index is 0.0750. The number of nitrogens with two attached hydrogens (primary N) is 1. The maximum atomic E-state index is 11.9. The van der Waals surface area contributed by atoms with Crippen molar-refractivity contribution >= 4 is 11.6 Å². The fourth-order valence-corrected chi connectivity index (χ4v) is 1.62. The highest BCUT2D eigenvalue weighted by Crippen LogP contribution is 2.21. The zero-order valence-corrected chi connectivity index (χ0v) is 9.16. The van der Waals surface area contributed by atoms with Crippen LogP contribution in [0.1, 0.15) is 33.6 Å². The maximum absolute atomic E-state index is 11.9. The molecule has 14 heavy (non-hydrogen) atoms. The van der Waals surface area contributed by atoms with Crippen LogP contribution in [0.5, 0.6) is 0 Å². The summed E-state index contributed by atoms with van der Waals surface area (Å²) >= 11 is 0. The molecule has 0 aromatic rings. The van der Waals surface area contributed by atoms with E-state index in [1.165, 1.54) is 0 Å². The van der Waals surface area contributed by atoms with Crippen molar-refractivity contribution in [2.45, 2.75) is 39.7 Å². The first-order valence-electron chi connectivity index (χ1n) is 5.20. The molecule has 0 aromatic heterocycles. The van der Waals surface area contributed by atoms with Gasteiger partial charge in [0.25, 0.3) is 5.91 Å². The van der Waals surface area contributed by atoms with E-state index in [1.807, 2.05) is 13.8 Å². The molecule has 0 radical (unpaired) electrons. The topological polar surface area (TPSA) is 58.7 Å². The molecule has 0 spiro atoms. The number of hydrogen-bond acceptors (Lipinski definition) is 3. The van der Waals surface area contributed by atoms with Gasteiger partial charge in [-0.15, -0.1) is 0 Å². The Hall–Kier alpha value is -0.900. The van der Waals surface area contributed by atoms with Crippen molar-refractivity contribution < 1.29 is 4.79 Å². The molecule has 80 valence electrons. The van der Waals surface area contributed by atoms with Gasteiger partial charge in [-0.1, -0.05) is 6.92 Å². The molecule has 2 unspecified atom stereocenters. The number of nitrogens with zero attached hydrogens (tertiary/aromatic N) is 2. The third-order valence-corrected chi connectivity index (χ3v) is 2.76. The number of carbonyl (C=O) groups is 1. The quantitative estimate of drug-likeness (QED) is 0.730. The number of hydrogen-bond donors (Lipinski definition) is 1. The van der Waals surface area contributed by atoms with Crippen LogP contribution >= 0.6 is 0 Å². The molecule has 1 rings (SSSR count). The molecule has 4 nitrogen and oxygen atoms in total. The van der Waals surface area contributed by atoms with Gasteiger partial charge < -0.3 is 5.73 Å². The molecule has 1 heterocycles. The van der Waals surface area contributed by atoms with E-state index in [0.717, 1.165) is 12.1 Å². The maximum Gasteiger partial charge on any atom is 0.251 e. The van der Waals surface area contributed by atoms with E-state index in [1.54, 1.807) is 5.01 Å². The van der Waals surface area contributed by atoms with Crippen LogP contribution in [-0.2, 0) is 4.79 Å². The van der Waals surface area contributed by atoms with Gasteiger partial charge in [-0.25, -0.2) is 5.01 Å². The lowest BCUT2D eigenvalue weighted by Gasteiger charge is -2.20. The number of hydrazone groups is 1. The molecule has 4 heteroatoms. The molecular weight excluding hydrogens is 178 g/mol. The van der Waals surface area contributed by atoms with Crippen molar-refractivity contribution in [1.82, 2.24) is 5.01 Å². The molecule has 1 aliphatic heterocycles. The lowest BCUT2D eigenvalue weighted by molar-refractivity contribution is -0.133. The summed E-state index contributed by atoms with van der Waals surface area (Å²) in [5, 5.41) is 5.89. The van der Waals surface area contributed by atoms with E-state index >= 15 is 0 Å². The fraction of sp³-hybridized carbons (Fsp3) is 0.800. The summed E-state index contributed by atoms with van der Waals surface area (Å²) < 4.78 is 0. The molecule has 2 atom stereocenters. The van der Waals surface area contributed by atoms with Gasteiger partial charge in [0.1, 0.15) is 0 Å². The van der Waals surface area contributed by atoms with Crippen molar-refractivity contribution in [3.8, 4) is 0 Å². The Kier molecular flexibility index (Phi) is 3.63. The summed E-state index contributed by atoms with van der Waals surface area (Å²) in [4.78, 5) is 11.9. The monoisotopic (exact) mass is 197 g/mol. The van der Waals surface area contributed by atoms with E-state index in [4.69, 9.17) is 5.73 Å². The predicted octanol–water partition coefficient (Wildman–Crippen LogP) is 0.968. The summed E-state index contributed by atoms with van der Waals surface area (Å²) in [6.07, 6.45) is 1.64. The third-order valence-electron chi connectivity index (χ3n) is 2.76. The number of carbonyl (C=O) groups excluding carboxylic acids is 1. The zero-order chi connectivity index (χ0) is 10.7. The van der Waals surface area contributed by atoms with Crippen molar-refractivity contribution in [2.75, 3.05) is 6.54 Å². The van der Waals surface area contributed by atoms with Crippen LogP contribution in [-0.4, -0.2) is 29.2 Å². The van der Waals surface area contributed by atoms with E-state index in [-0.39, 0.29) is 17.9 Å². The summed E-state index contributed by atoms with van der Waals surface area (Å²) in [6, 6.07) is 0.195. The fourth-order valence-electron chi connectivity index (χ4n) is 1.62. The van der Waals surface area contributed by atoms with Gasteiger partial charge in [0, 0.05) is 5.71 Å². The van der Waals surface area contributed by atoms with Crippen molar-refractivity contribution in [3.05, 3.63) is 0 Å². The number of rotatable bonds is 4. The van der Waals surface area contributed by atoms with Crippen LogP contribution < -0.4 is 5.73 Å².